The van der Waals surface area contributed by atoms with Gasteiger partial charge >= 0.3 is 11.7 Å². The Labute approximate surface area is 252 Å². The van der Waals surface area contributed by atoms with E-state index in [1.807, 2.05) is 60.7 Å². The molecule has 0 spiro atoms. The van der Waals surface area contributed by atoms with E-state index in [-0.39, 0.29) is 23.8 Å². The first-order valence-corrected chi connectivity index (χ1v) is 14.0. The summed E-state index contributed by atoms with van der Waals surface area (Å²) < 4.78 is 5.21. The highest BCUT2D eigenvalue weighted by Crippen LogP contribution is 2.54. The van der Waals surface area contributed by atoms with Crippen LogP contribution in [0.25, 0.3) is 0 Å². The number of imide groups is 1. The fraction of sp³-hybridized carbons (Fsp3) is 0.182. The number of halogens is 1. The standard InChI is InChI=1S/C33H26ClN3O6/c1-43-26-17-14-23(18-25(26)37(41)42)29-28(31(38)22-12-15-24(34)16-13-22)27(21-10-6-3-7-11-21)30-32(39)35(33(40)36(29)30)19-20-8-4-2-5-9-20/h2-18,27-30H,19H2,1H3. The average molecular weight is 596 g/mol. The maximum Gasteiger partial charge on any atom is 0.328 e. The van der Waals surface area contributed by atoms with E-state index in [2.05, 4.69) is 0 Å². The van der Waals surface area contributed by atoms with E-state index in [0.29, 0.717) is 21.7 Å². The van der Waals surface area contributed by atoms with Crippen LogP contribution in [-0.4, -0.2) is 45.6 Å². The van der Waals surface area contributed by atoms with E-state index in [1.165, 1.54) is 29.0 Å². The fourth-order valence-corrected chi connectivity index (χ4v) is 6.43. The van der Waals surface area contributed by atoms with Crippen LogP contribution < -0.4 is 4.74 Å². The quantitative estimate of drug-likeness (QED) is 0.100. The smallest absolute Gasteiger partial charge is 0.328 e. The summed E-state index contributed by atoms with van der Waals surface area (Å²) in [6.45, 7) is 0.0539. The molecule has 10 heteroatoms. The lowest BCUT2D eigenvalue weighted by molar-refractivity contribution is -0.385. The van der Waals surface area contributed by atoms with Gasteiger partial charge in [0.25, 0.3) is 5.91 Å². The number of nitrogens with zero attached hydrogens (tertiary/aromatic N) is 3. The van der Waals surface area contributed by atoms with Gasteiger partial charge in [-0.2, -0.15) is 0 Å². The predicted molar refractivity (Wildman–Crippen MR) is 159 cm³/mol. The second-order valence-corrected chi connectivity index (χ2v) is 10.9. The number of rotatable bonds is 8. The molecule has 43 heavy (non-hydrogen) atoms. The van der Waals surface area contributed by atoms with Crippen molar-refractivity contribution in [3.05, 3.63) is 141 Å². The molecule has 2 heterocycles. The van der Waals surface area contributed by atoms with Crippen molar-refractivity contribution in [3.63, 3.8) is 0 Å². The maximum absolute atomic E-state index is 14.4. The van der Waals surface area contributed by atoms with Gasteiger partial charge in [0.1, 0.15) is 6.04 Å². The molecule has 216 valence electrons. The van der Waals surface area contributed by atoms with Crippen LogP contribution in [0.4, 0.5) is 10.5 Å². The highest BCUT2D eigenvalue weighted by atomic mass is 35.5. The van der Waals surface area contributed by atoms with Crippen LogP contribution in [0, 0.1) is 16.0 Å². The van der Waals surface area contributed by atoms with Gasteiger partial charge in [-0.05, 0) is 47.0 Å². The van der Waals surface area contributed by atoms with Crippen LogP contribution in [0.1, 0.15) is 39.0 Å². The second kappa shape index (κ2) is 11.3. The zero-order chi connectivity index (χ0) is 30.2. The molecule has 0 N–H and O–H groups in total. The van der Waals surface area contributed by atoms with Crippen molar-refractivity contribution in [3.8, 4) is 5.75 Å². The van der Waals surface area contributed by atoms with E-state index < -0.39 is 40.8 Å². The Morgan fingerprint density at radius 1 is 0.884 bits per heavy atom. The molecule has 0 radical (unpaired) electrons. The largest absolute Gasteiger partial charge is 0.490 e. The van der Waals surface area contributed by atoms with Crippen molar-refractivity contribution < 1.29 is 24.0 Å². The SMILES string of the molecule is COc1ccc(C2C(C(=O)c3ccc(Cl)cc3)C(c3ccccc3)C3C(=O)N(Cc4ccccc4)C(=O)N32)cc1[N+](=O)[O-]. The molecule has 2 fully saturated rings. The number of urea groups is 1. The van der Waals surface area contributed by atoms with Gasteiger partial charge in [-0.25, -0.2) is 4.79 Å². The van der Waals surface area contributed by atoms with Gasteiger partial charge in [0, 0.05) is 22.6 Å². The number of methoxy groups -OCH3 is 1. The van der Waals surface area contributed by atoms with Crippen molar-refractivity contribution in [2.75, 3.05) is 7.11 Å². The Morgan fingerprint density at radius 3 is 2.16 bits per heavy atom. The van der Waals surface area contributed by atoms with Crippen molar-refractivity contribution in [2.24, 2.45) is 5.92 Å². The second-order valence-electron chi connectivity index (χ2n) is 10.5. The first-order chi connectivity index (χ1) is 20.8. The van der Waals surface area contributed by atoms with Crippen LogP contribution in [0.3, 0.4) is 0 Å². The number of ether oxygens (including phenoxy) is 1. The molecule has 4 aromatic rings. The molecule has 3 amide bonds. The molecule has 2 aliphatic rings. The topological polar surface area (TPSA) is 110 Å². The lowest BCUT2D eigenvalue weighted by atomic mass is 9.75. The van der Waals surface area contributed by atoms with Crippen LogP contribution in [0.5, 0.6) is 5.75 Å². The highest BCUT2D eigenvalue weighted by Gasteiger charge is 2.63. The number of Topliss-reactive ketones (excluding diaryl/α,β-unsaturated/α-hetero) is 1. The van der Waals surface area contributed by atoms with Crippen molar-refractivity contribution in [1.29, 1.82) is 0 Å². The summed E-state index contributed by atoms with van der Waals surface area (Å²) in [6.07, 6.45) is 0. The summed E-state index contributed by atoms with van der Waals surface area (Å²) in [5.41, 5.74) is 1.87. The minimum Gasteiger partial charge on any atom is -0.490 e. The van der Waals surface area contributed by atoms with E-state index in [4.69, 9.17) is 16.3 Å². The molecule has 4 atom stereocenters. The first kappa shape index (κ1) is 28.1. The van der Waals surface area contributed by atoms with Gasteiger partial charge < -0.3 is 9.64 Å². The number of nitro benzene ring substituents is 1. The normalized spacial score (nSPS) is 21.2. The predicted octanol–water partition coefficient (Wildman–Crippen LogP) is 6.43. The summed E-state index contributed by atoms with van der Waals surface area (Å²) >= 11 is 6.11. The van der Waals surface area contributed by atoms with Crippen LogP contribution in [0.15, 0.2) is 103 Å². The Hall–Kier alpha value is -5.02. The zero-order valence-electron chi connectivity index (χ0n) is 23.0. The minimum absolute atomic E-state index is 0.0398. The van der Waals surface area contributed by atoms with E-state index >= 15 is 0 Å². The van der Waals surface area contributed by atoms with Gasteiger partial charge in [-0.1, -0.05) is 78.3 Å². The summed E-state index contributed by atoms with van der Waals surface area (Å²) in [4.78, 5) is 56.9. The Morgan fingerprint density at radius 2 is 1.53 bits per heavy atom. The number of amides is 3. The van der Waals surface area contributed by atoms with Gasteiger partial charge in [0.15, 0.2) is 11.5 Å². The Balaban J connectivity index is 1.55. The lowest BCUT2D eigenvalue weighted by Gasteiger charge is -2.29. The Kier molecular flexibility index (Phi) is 7.41. The maximum atomic E-state index is 14.4. The van der Waals surface area contributed by atoms with E-state index in [0.717, 1.165) is 5.56 Å². The summed E-state index contributed by atoms with van der Waals surface area (Å²) in [5.74, 6) is -2.36. The molecular weight excluding hydrogens is 570 g/mol. The van der Waals surface area contributed by atoms with Crippen molar-refractivity contribution in [2.45, 2.75) is 24.5 Å². The zero-order valence-corrected chi connectivity index (χ0v) is 23.8. The molecule has 2 saturated heterocycles. The number of fused-ring (bicyclic) bond motifs is 1. The third kappa shape index (κ3) is 4.91. The molecule has 9 nitrogen and oxygen atoms in total. The monoisotopic (exact) mass is 595 g/mol. The van der Waals surface area contributed by atoms with E-state index in [1.54, 1.807) is 30.3 Å². The average Bonchev–Trinajstić information content (AvgIpc) is 3.50. The molecule has 0 aliphatic carbocycles. The number of carbonyl (C=O) groups excluding carboxylic acids is 3. The Bertz CT molecular complexity index is 1710. The molecule has 0 bridgehead atoms. The third-order valence-electron chi connectivity index (χ3n) is 8.18. The highest BCUT2D eigenvalue weighted by molar-refractivity contribution is 6.30. The number of benzene rings is 4. The third-order valence-corrected chi connectivity index (χ3v) is 8.43. The first-order valence-electron chi connectivity index (χ1n) is 13.6. The number of ketones is 1. The molecule has 2 aliphatic heterocycles. The molecule has 4 unspecified atom stereocenters. The van der Waals surface area contributed by atoms with Crippen LogP contribution >= 0.6 is 11.6 Å². The van der Waals surface area contributed by atoms with Crippen LogP contribution in [-0.2, 0) is 11.3 Å². The number of nitro groups is 1. The summed E-state index contributed by atoms with van der Waals surface area (Å²) in [5, 5.41) is 12.5. The lowest BCUT2D eigenvalue weighted by Crippen LogP contribution is -2.37. The number of hydrogen-bond acceptors (Lipinski definition) is 6. The molecule has 0 saturated carbocycles. The van der Waals surface area contributed by atoms with Gasteiger partial charge in [-0.15, -0.1) is 0 Å². The fourth-order valence-electron chi connectivity index (χ4n) is 6.31. The molecule has 4 aromatic carbocycles. The van der Waals surface area contributed by atoms with Crippen molar-refractivity contribution in [1.82, 2.24) is 9.80 Å². The van der Waals surface area contributed by atoms with Crippen LogP contribution in [0.2, 0.25) is 5.02 Å². The molecular formula is C33H26ClN3O6. The van der Waals surface area contributed by atoms with E-state index in [9.17, 15) is 24.5 Å². The van der Waals surface area contributed by atoms with Crippen molar-refractivity contribution >= 4 is 35.0 Å². The van der Waals surface area contributed by atoms with Gasteiger partial charge in [0.2, 0.25) is 0 Å². The number of carbonyl (C=O) groups is 3. The number of hydrogen-bond donors (Lipinski definition) is 0. The summed E-state index contributed by atoms with van der Waals surface area (Å²) in [7, 11) is 1.33. The van der Waals surface area contributed by atoms with Gasteiger partial charge in [0.05, 0.1) is 30.5 Å². The van der Waals surface area contributed by atoms with Gasteiger partial charge in [-0.3, -0.25) is 24.6 Å². The molecule has 6 rings (SSSR count). The minimum atomic E-state index is -1.01. The summed E-state index contributed by atoms with van der Waals surface area (Å²) in [6, 6.07) is 26.6. The molecule has 0 aromatic heterocycles.